The molecule has 8 nitrogen and oxygen atoms in total. The molecule has 0 bridgehead atoms. The van der Waals surface area contributed by atoms with Crippen molar-refractivity contribution in [3.05, 3.63) is 65.8 Å². The Balaban J connectivity index is 1.46. The number of benzene rings is 1. The van der Waals surface area contributed by atoms with E-state index in [4.69, 9.17) is 4.42 Å². The fourth-order valence-corrected chi connectivity index (χ4v) is 3.90. The third-order valence-electron chi connectivity index (χ3n) is 5.30. The van der Waals surface area contributed by atoms with E-state index < -0.39 is 0 Å². The summed E-state index contributed by atoms with van der Waals surface area (Å²) in [5, 5.41) is 9.60. The first-order valence-electron chi connectivity index (χ1n) is 9.89. The van der Waals surface area contributed by atoms with E-state index >= 15 is 0 Å². The molecule has 30 heavy (non-hydrogen) atoms. The Bertz CT molecular complexity index is 1210. The van der Waals surface area contributed by atoms with Gasteiger partial charge in [0.2, 0.25) is 0 Å². The number of amides is 1. The summed E-state index contributed by atoms with van der Waals surface area (Å²) in [6.45, 7) is 2.19. The normalized spacial score (nSPS) is 13.8. The maximum Gasteiger partial charge on any atom is 0.290 e. The molecule has 152 valence electrons. The van der Waals surface area contributed by atoms with Crippen LogP contribution in [-0.4, -0.2) is 56.1 Å². The first-order valence-corrected chi connectivity index (χ1v) is 9.89. The molecule has 0 fully saturated rings. The van der Waals surface area contributed by atoms with Gasteiger partial charge < -0.3 is 18.8 Å². The second kappa shape index (κ2) is 7.38. The Kier molecular flexibility index (Phi) is 4.55. The zero-order valence-corrected chi connectivity index (χ0v) is 16.9. The molecule has 5 rings (SSSR count). The van der Waals surface area contributed by atoms with Crippen molar-refractivity contribution in [1.82, 2.24) is 29.5 Å². The van der Waals surface area contributed by atoms with Gasteiger partial charge in [0.1, 0.15) is 11.3 Å². The highest BCUT2D eigenvalue weighted by Gasteiger charge is 2.30. The molecule has 4 aromatic rings. The van der Waals surface area contributed by atoms with Gasteiger partial charge in [0.15, 0.2) is 17.4 Å². The predicted octanol–water partition coefficient (Wildman–Crippen LogP) is 2.80. The SMILES string of the molecule is CN(C)Cc1c(C(=O)N2CCn3c(nnc3-c3ccccn3)C2)oc2ccccc12. The summed E-state index contributed by atoms with van der Waals surface area (Å²) in [5.41, 5.74) is 2.43. The van der Waals surface area contributed by atoms with Crippen LogP contribution < -0.4 is 0 Å². The first-order chi connectivity index (χ1) is 14.6. The Morgan fingerprint density at radius 3 is 2.73 bits per heavy atom. The number of nitrogens with zero attached hydrogens (tertiary/aromatic N) is 6. The molecule has 0 N–H and O–H groups in total. The van der Waals surface area contributed by atoms with Crippen LogP contribution in [-0.2, 0) is 19.6 Å². The van der Waals surface area contributed by atoms with Crippen LogP contribution in [0.5, 0.6) is 0 Å². The molecular formula is C22H22N6O2. The maximum atomic E-state index is 13.4. The number of aromatic nitrogens is 4. The van der Waals surface area contributed by atoms with Gasteiger partial charge in [0, 0.05) is 36.8 Å². The fourth-order valence-electron chi connectivity index (χ4n) is 3.90. The van der Waals surface area contributed by atoms with Crippen LogP contribution >= 0.6 is 0 Å². The summed E-state index contributed by atoms with van der Waals surface area (Å²) in [7, 11) is 3.97. The summed E-state index contributed by atoms with van der Waals surface area (Å²) in [5.74, 6) is 1.77. The number of carbonyl (C=O) groups excluding carboxylic acids is 1. The minimum absolute atomic E-state index is 0.114. The van der Waals surface area contributed by atoms with Crippen molar-refractivity contribution in [2.45, 2.75) is 19.6 Å². The van der Waals surface area contributed by atoms with Crippen LogP contribution in [0.4, 0.5) is 0 Å². The van der Waals surface area contributed by atoms with Gasteiger partial charge in [-0.05, 0) is 32.3 Å². The van der Waals surface area contributed by atoms with Crippen molar-refractivity contribution in [1.29, 1.82) is 0 Å². The van der Waals surface area contributed by atoms with E-state index in [1.165, 1.54) is 0 Å². The Morgan fingerprint density at radius 2 is 1.93 bits per heavy atom. The standard InChI is InChI=1S/C22H22N6O2/c1-26(2)13-16-15-7-3-4-9-18(15)30-20(16)22(29)27-11-12-28-19(14-27)24-25-21(28)17-8-5-6-10-23-17/h3-10H,11-14H2,1-2H3. The summed E-state index contributed by atoms with van der Waals surface area (Å²) in [6.07, 6.45) is 1.74. The topological polar surface area (TPSA) is 80.3 Å². The summed E-state index contributed by atoms with van der Waals surface area (Å²) < 4.78 is 8.04. The van der Waals surface area contributed by atoms with E-state index in [9.17, 15) is 4.79 Å². The number of carbonyl (C=O) groups is 1. The Hall–Kier alpha value is -3.52. The lowest BCUT2D eigenvalue weighted by Crippen LogP contribution is -2.39. The first kappa shape index (κ1) is 18.5. The molecule has 0 radical (unpaired) electrons. The molecule has 1 aliphatic rings. The fraction of sp³-hybridized carbons (Fsp3) is 0.273. The largest absolute Gasteiger partial charge is 0.451 e. The number of rotatable bonds is 4. The predicted molar refractivity (Wildman–Crippen MR) is 112 cm³/mol. The minimum Gasteiger partial charge on any atom is -0.451 e. The molecule has 0 atom stereocenters. The van der Waals surface area contributed by atoms with Gasteiger partial charge in [0.25, 0.3) is 5.91 Å². The lowest BCUT2D eigenvalue weighted by Gasteiger charge is -2.27. The molecular weight excluding hydrogens is 380 g/mol. The zero-order chi connectivity index (χ0) is 20.7. The third kappa shape index (κ3) is 3.15. The van der Waals surface area contributed by atoms with Crippen molar-refractivity contribution in [3.63, 3.8) is 0 Å². The van der Waals surface area contributed by atoms with E-state index in [0.717, 1.165) is 33.9 Å². The molecule has 1 aliphatic heterocycles. The van der Waals surface area contributed by atoms with Crippen molar-refractivity contribution in [2.24, 2.45) is 0 Å². The van der Waals surface area contributed by atoms with Gasteiger partial charge in [-0.15, -0.1) is 10.2 Å². The van der Waals surface area contributed by atoms with Crippen molar-refractivity contribution < 1.29 is 9.21 Å². The van der Waals surface area contributed by atoms with Gasteiger partial charge >= 0.3 is 0 Å². The summed E-state index contributed by atoms with van der Waals surface area (Å²) in [4.78, 5) is 21.6. The minimum atomic E-state index is -0.114. The Labute approximate surface area is 173 Å². The second-order valence-corrected chi connectivity index (χ2v) is 7.68. The highest BCUT2D eigenvalue weighted by molar-refractivity contribution is 5.99. The van der Waals surface area contributed by atoms with Crippen LogP contribution in [0.1, 0.15) is 21.9 Å². The molecule has 0 spiro atoms. The van der Waals surface area contributed by atoms with Crippen molar-refractivity contribution >= 4 is 16.9 Å². The number of pyridine rings is 1. The van der Waals surface area contributed by atoms with Crippen molar-refractivity contribution in [3.8, 4) is 11.5 Å². The van der Waals surface area contributed by atoms with Gasteiger partial charge in [0.05, 0.1) is 6.54 Å². The number of hydrogen-bond acceptors (Lipinski definition) is 6. The number of fused-ring (bicyclic) bond motifs is 2. The average molecular weight is 402 g/mol. The number of hydrogen-bond donors (Lipinski definition) is 0. The highest BCUT2D eigenvalue weighted by Crippen LogP contribution is 2.29. The molecule has 0 aliphatic carbocycles. The van der Waals surface area contributed by atoms with E-state index in [0.29, 0.717) is 31.9 Å². The van der Waals surface area contributed by atoms with Crippen LogP contribution in [0.3, 0.4) is 0 Å². The van der Waals surface area contributed by atoms with Gasteiger partial charge in [-0.2, -0.15) is 0 Å². The van der Waals surface area contributed by atoms with Crippen molar-refractivity contribution in [2.75, 3.05) is 20.6 Å². The number of furan rings is 1. The quantitative estimate of drug-likeness (QED) is 0.522. The lowest BCUT2D eigenvalue weighted by molar-refractivity contribution is 0.0675. The third-order valence-corrected chi connectivity index (χ3v) is 5.30. The van der Waals surface area contributed by atoms with Gasteiger partial charge in [-0.25, -0.2) is 0 Å². The molecule has 1 amide bonds. The zero-order valence-electron chi connectivity index (χ0n) is 16.9. The van der Waals surface area contributed by atoms with Gasteiger partial charge in [-0.3, -0.25) is 9.78 Å². The second-order valence-electron chi connectivity index (χ2n) is 7.68. The molecule has 3 aromatic heterocycles. The van der Waals surface area contributed by atoms with Crippen LogP contribution in [0.2, 0.25) is 0 Å². The van der Waals surface area contributed by atoms with E-state index in [1.807, 2.05) is 66.0 Å². The van der Waals surface area contributed by atoms with E-state index in [2.05, 4.69) is 15.2 Å². The summed E-state index contributed by atoms with van der Waals surface area (Å²) >= 11 is 0. The molecule has 0 saturated carbocycles. The molecule has 1 aromatic carbocycles. The Morgan fingerprint density at radius 1 is 1.10 bits per heavy atom. The number of para-hydroxylation sites is 1. The lowest BCUT2D eigenvalue weighted by atomic mass is 10.1. The van der Waals surface area contributed by atoms with Crippen LogP contribution in [0.15, 0.2) is 53.1 Å². The van der Waals surface area contributed by atoms with Crippen LogP contribution in [0.25, 0.3) is 22.5 Å². The molecule has 8 heteroatoms. The highest BCUT2D eigenvalue weighted by atomic mass is 16.3. The molecule has 0 unspecified atom stereocenters. The van der Waals surface area contributed by atoms with E-state index in [1.54, 1.807) is 11.1 Å². The van der Waals surface area contributed by atoms with Gasteiger partial charge in [-0.1, -0.05) is 24.3 Å². The molecule has 0 saturated heterocycles. The van der Waals surface area contributed by atoms with Crippen LogP contribution in [0, 0.1) is 0 Å². The molecule has 4 heterocycles. The van der Waals surface area contributed by atoms with E-state index in [-0.39, 0.29) is 5.91 Å². The summed E-state index contributed by atoms with van der Waals surface area (Å²) in [6, 6.07) is 13.5. The average Bonchev–Trinajstić information content (AvgIpc) is 3.35. The maximum absolute atomic E-state index is 13.4. The monoisotopic (exact) mass is 402 g/mol. The smallest absolute Gasteiger partial charge is 0.290 e.